The molecule has 6 nitrogen and oxygen atoms in total. The Balaban J connectivity index is 1.24. The molecular formula is C22H25F3N6S. The molecule has 0 amide bonds. The fourth-order valence-electron chi connectivity index (χ4n) is 3.53. The van der Waals surface area contributed by atoms with Crippen molar-refractivity contribution in [2.45, 2.75) is 51.4 Å². The smallest absolute Gasteiger partial charge is 0.362 e. The Morgan fingerprint density at radius 1 is 1.19 bits per heavy atom. The number of hydrogen-bond donors (Lipinski definition) is 2. The van der Waals surface area contributed by atoms with Gasteiger partial charge in [0.25, 0.3) is 0 Å². The maximum absolute atomic E-state index is 13.0. The molecule has 2 N–H and O–H groups in total. The number of nitrogens with one attached hydrogen (secondary N) is 2. The number of hydrogen-bond acceptors (Lipinski definition) is 3. The van der Waals surface area contributed by atoms with Crippen LogP contribution < -0.4 is 10.6 Å². The molecule has 0 saturated heterocycles. The number of alkyl halides is 3. The van der Waals surface area contributed by atoms with E-state index in [1.165, 1.54) is 21.9 Å². The number of anilines is 1. The summed E-state index contributed by atoms with van der Waals surface area (Å²) in [6, 6.07) is 11.2. The van der Waals surface area contributed by atoms with Crippen molar-refractivity contribution in [1.82, 2.24) is 24.9 Å². The number of benzene rings is 1. The highest BCUT2D eigenvalue weighted by atomic mass is 32.1. The predicted molar refractivity (Wildman–Crippen MR) is 121 cm³/mol. The molecule has 32 heavy (non-hydrogen) atoms. The summed E-state index contributed by atoms with van der Waals surface area (Å²) in [6.07, 6.45) is -0.0896. The van der Waals surface area contributed by atoms with Crippen molar-refractivity contribution < 1.29 is 13.2 Å². The molecule has 0 aliphatic heterocycles. The summed E-state index contributed by atoms with van der Waals surface area (Å²) < 4.78 is 42.3. The zero-order valence-corrected chi connectivity index (χ0v) is 18.5. The molecule has 170 valence electrons. The minimum atomic E-state index is -4.42. The average molecular weight is 463 g/mol. The van der Waals surface area contributed by atoms with Crippen LogP contribution in [0.3, 0.4) is 0 Å². The first-order chi connectivity index (χ1) is 15.3. The van der Waals surface area contributed by atoms with E-state index in [9.17, 15) is 13.2 Å². The molecule has 1 aromatic carbocycles. The SMILES string of the molecule is Cc1ccccc1Cn1ccc(NC(=S)NCCCn2nc(C(F)(F)F)cc2C2CC2)n1. The van der Waals surface area contributed by atoms with E-state index in [1.807, 2.05) is 29.1 Å². The van der Waals surface area contributed by atoms with Crippen LogP contribution in [0.15, 0.2) is 42.6 Å². The number of rotatable bonds is 8. The van der Waals surface area contributed by atoms with Gasteiger partial charge in [-0.05, 0) is 55.6 Å². The fourth-order valence-corrected chi connectivity index (χ4v) is 3.73. The van der Waals surface area contributed by atoms with Crippen LogP contribution in [-0.2, 0) is 19.3 Å². The second-order valence-corrected chi connectivity index (χ2v) is 8.42. The molecular weight excluding hydrogens is 437 g/mol. The third-order valence-corrected chi connectivity index (χ3v) is 5.65. The Labute approximate surface area is 189 Å². The van der Waals surface area contributed by atoms with Crippen LogP contribution in [0.4, 0.5) is 19.0 Å². The van der Waals surface area contributed by atoms with E-state index in [4.69, 9.17) is 12.2 Å². The molecule has 3 aromatic rings. The minimum Gasteiger partial charge on any atom is -0.362 e. The topological polar surface area (TPSA) is 59.7 Å². The first-order valence-corrected chi connectivity index (χ1v) is 11.0. The third kappa shape index (κ3) is 5.67. The van der Waals surface area contributed by atoms with Gasteiger partial charge in [0.2, 0.25) is 0 Å². The Hall–Kier alpha value is -2.88. The van der Waals surface area contributed by atoms with Gasteiger partial charge in [-0.15, -0.1) is 0 Å². The normalized spacial score (nSPS) is 13.9. The van der Waals surface area contributed by atoms with Crippen molar-refractivity contribution in [3.05, 3.63) is 65.1 Å². The summed E-state index contributed by atoms with van der Waals surface area (Å²) >= 11 is 5.31. The Bertz CT molecular complexity index is 1080. The summed E-state index contributed by atoms with van der Waals surface area (Å²) in [5.74, 6) is 0.832. The monoisotopic (exact) mass is 462 g/mol. The zero-order chi connectivity index (χ0) is 22.7. The van der Waals surface area contributed by atoms with E-state index in [0.29, 0.717) is 42.7 Å². The highest BCUT2D eigenvalue weighted by Gasteiger charge is 2.37. The summed E-state index contributed by atoms with van der Waals surface area (Å²) in [4.78, 5) is 0. The van der Waals surface area contributed by atoms with Gasteiger partial charge in [0.1, 0.15) is 0 Å². The quantitative estimate of drug-likeness (QED) is 0.375. The molecule has 10 heteroatoms. The molecule has 2 aromatic heterocycles. The van der Waals surface area contributed by atoms with Gasteiger partial charge in [-0.2, -0.15) is 23.4 Å². The van der Waals surface area contributed by atoms with Crippen molar-refractivity contribution in [2.75, 3.05) is 11.9 Å². The molecule has 0 bridgehead atoms. The maximum Gasteiger partial charge on any atom is 0.435 e. The van der Waals surface area contributed by atoms with Crippen molar-refractivity contribution in [3.8, 4) is 0 Å². The lowest BCUT2D eigenvalue weighted by molar-refractivity contribution is -0.141. The molecule has 1 saturated carbocycles. The molecule has 0 spiro atoms. The predicted octanol–water partition coefficient (Wildman–Crippen LogP) is 4.71. The highest BCUT2D eigenvalue weighted by Crippen LogP contribution is 2.42. The van der Waals surface area contributed by atoms with Crippen LogP contribution in [-0.4, -0.2) is 31.2 Å². The van der Waals surface area contributed by atoms with Gasteiger partial charge in [-0.1, -0.05) is 24.3 Å². The van der Waals surface area contributed by atoms with E-state index in [0.717, 1.165) is 12.8 Å². The number of halogens is 3. The molecule has 0 atom stereocenters. The summed E-state index contributed by atoms with van der Waals surface area (Å²) in [5.41, 5.74) is 2.27. The Morgan fingerprint density at radius 3 is 2.69 bits per heavy atom. The summed E-state index contributed by atoms with van der Waals surface area (Å²) in [6.45, 7) is 3.66. The van der Waals surface area contributed by atoms with Gasteiger partial charge in [0, 0.05) is 37.0 Å². The maximum atomic E-state index is 13.0. The van der Waals surface area contributed by atoms with Crippen molar-refractivity contribution >= 4 is 23.1 Å². The van der Waals surface area contributed by atoms with Crippen LogP contribution in [0.1, 0.15) is 47.7 Å². The molecule has 0 unspecified atom stereocenters. The number of aromatic nitrogens is 4. The number of nitrogens with zero attached hydrogens (tertiary/aromatic N) is 4. The standard InChI is InChI=1S/C22H25F3N6S/c1-15-5-2-3-6-17(15)14-30-12-9-20(29-30)27-21(32)26-10-4-11-31-18(16-7-8-16)13-19(28-31)22(23,24)25/h2-3,5-6,9,12-13,16H,4,7-8,10-11,14H2,1H3,(H2,26,27,29,32). The lowest BCUT2D eigenvalue weighted by Gasteiger charge is -2.10. The molecule has 4 rings (SSSR count). The third-order valence-electron chi connectivity index (χ3n) is 5.41. The van der Waals surface area contributed by atoms with Crippen molar-refractivity contribution in [3.63, 3.8) is 0 Å². The van der Waals surface area contributed by atoms with Crippen molar-refractivity contribution in [2.24, 2.45) is 0 Å². The number of aryl methyl sites for hydroxylation is 2. The van der Waals surface area contributed by atoms with Crippen molar-refractivity contribution in [1.29, 1.82) is 0 Å². The summed E-state index contributed by atoms with van der Waals surface area (Å²) in [7, 11) is 0. The van der Waals surface area contributed by atoms with E-state index in [-0.39, 0.29) is 5.92 Å². The van der Waals surface area contributed by atoms with Gasteiger partial charge in [0.15, 0.2) is 16.6 Å². The van der Waals surface area contributed by atoms with E-state index in [2.05, 4.69) is 39.9 Å². The van der Waals surface area contributed by atoms with Gasteiger partial charge >= 0.3 is 6.18 Å². The molecule has 0 radical (unpaired) electrons. The van der Waals surface area contributed by atoms with Gasteiger partial charge < -0.3 is 10.6 Å². The molecule has 1 aliphatic carbocycles. The largest absolute Gasteiger partial charge is 0.435 e. The Morgan fingerprint density at radius 2 is 1.97 bits per heavy atom. The second-order valence-electron chi connectivity index (χ2n) is 8.01. The first-order valence-electron chi connectivity index (χ1n) is 10.6. The molecule has 2 heterocycles. The van der Waals surface area contributed by atoms with Crippen LogP contribution in [0.25, 0.3) is 0 Å². The zero-order valence-electron chi connectivity index (χ0n) is 17.7. The van der Waals surface area contributed by atoms with Gasteiger partial charge in [0.05, 0.1) is 6.54 Å². The average Bonchev–Trinajstić information content (AvgIpc) is 3.33. The van der Waals surface area contributed by atoms with Crippen LogP contribution in [0.5, 0.6) is 0 Å². The second kappa shape index (κ2) is 9.32. The minimum absolute atomic E-state index is 0.198. The van der Waals surface area contributed by atoms with Gasteiger partial charge in [-0.3, -0.25) is 9.36 Å². The van der Waals surface area contributed by atoms with Crippen LogP contribution in [0, 0.1) is 6.92 Å². The molecule has 1 fully saturated rings. The fraction of sp³-hybridized carbons (Fsp3) is 0.409. The van der Waals surface area contributed by atoms with E-state index >= 15 is 0 Å². The van der Waals surface area contributed by atoms with Crippen LogP contribution in [0.2, 0.25) is 0 Å². The van der Waals surface area contributed by atoms with Crippen LogP contribution >= 0.6 is 12.2 Å². The highest BCUT2D eigenvalue weighted by molar-refractivity contribution is 7.80. The number of thiocarbonyl (C=S) groups is 1. The van der Waals surface area contributed by atoms with Gasteiger partial charge in [-0.25, -0.2) is 0 Å². The van der Waals surface area contributed by atoms with E-state index in [1.54, 1.807) is 0 Å². The molecule has 1 aliphatic rings. The first kappa shape index (κ1) is 22.3. The Kier molecular flexibility index (Phi) is 6.50. The lowest BCUT2D eigenvalue weighted by Crippen LogP contribution is -2.30. The lowest BCUT2D eigenvalue weighted by atomic mass is 10.1. The van der Waals surface area contributed by atoms with E-state index < -0.39 is 11.9 Å². The summed E-state index contributed by atoms with van der Waals surface area (Å²) in [5, 5.41) is 14.8.